The predicted molar refractivity (Wildman–Crippen MR) is 96.6 cm³/mol. The summed E-state index contributed by atoms with van der Waals surface area (Å²) < 4.78 is 5.54. The van der Waals surface area contributed by atoms with Gasteiger partial charge in [-0.15, -0.1) is 0 Å². The fraction of sp³-hybridized carbons (Fsp3) is 0.500. The number of benzene rings is 1. The van der Waals surface area contributed by atoms with Crippen molar-refractivity contribution < 1.29 is 14.3 Å². The summed E-state index contributed by atoms with van der Waals surface area (Å²) >= 11 is 0. The maximum absolute atomic E-state index is 13.0. The van der Waals surface area contributed by atoms with Crippen LogP contribution in [-0.4, -0.2) is 54.0 Å². The molecule has 1 saturated heterocycles. The number of nitrogens with zero attached hydrogens (tertiary/aromatic N) is 2. The van der Waals surface area contributed by atoms with E-state index in [2.05, 4.69) is 4.90 Å². The zero-order valence-electron chi connectivity index (χ0n) is 15.0. The van der Waals surface area contributed by atoms with E-state index in [1.54, 1.807) is 0 Å². The average molecular weight is 342 g/mol. The predicted octanol–water partition coefficient (Wildman–Crippen LogP) is 2.68. The maximum Gasteiger partial charge on any atom is 0.277 e. The summed E-state index contributed by atoms with van der Waals surface area (Å²) in [7, 11) is 0. The number of amides is 2. The number of imide groups is 1. The van der Waals surface area contributed by atoms with Crippen LogP contribution < -0.4 is 0 Å². The highest BCUT2D eigenvalue weighted by molar-refractivity contribution is 6.35. The summed E-state index contributed by atoms with van der Waals surface area (Å²) in [5, 5.41) is 0. The van der Waals surface area contributed by atoms with E-state index >= 15 is 0 Å². The normalized spacial score (nSPS) is 18.7. The zero-order valence-corrected chi connectivity index (χ0v) is 15.0. The van der Waals surface area contributed by atoms with Gasteiger partial charge >= 0.3 is 0 Å². The molecule has 5 heteroatoms. The van der Waals surface area contributed by atoms with Crippen molar-refractivity contribution in [1.82, 2.24) is 9.80 Å². The number of hydrogen-bond acceptors (Lipinski definition) is 4. The van der Waals surface area contributed by atoms with Crippen LogP contribution in [0.1, 0.15) is 38.7 Å². The standard InChI is InChI=1S/C20H26N2O3/c1-15(2)25-14-13-22-19(23)17(16-9-5-3-6-10-16)18(20(22)24)21-11-7-4-8-12-21/h3,5-6,9-10,15H,4,7-8,11-14H2,1-2H3. The van der Waals surface area contributed by atoms with Gasteiger partial charge in [-0.1, -0.05) is 30.3 Å². The van der Waals surface area contributed by atoms with E-state index in [9.17, 15) is 9.59 Å². The van der Waals surface area contributed by atoms with Crippen LogP contribution in [0.25, 0.3) is 5.57 Å². The first kappa shape index (κ1) is 17.7. The van der Waals surface area contributed by atoms with Crippen LogP contribution >= 0.6 is 0 Å². The molecule has 0 aromatic heterocycles. The van der Waals surface area contributed by atoms with Gasteiger partial charge in [0.1, 0.15) is 5.70 Å². The van der Waals surface area contributed by atoms with E-state index in [-0.39, 0.29) is 17.9 Å². The van der Waals surface area contributed by atoms with Gasteiger partial charge in [0.25, 0.3) is 11.8 Å². The second kappa shape index (κ2) is 7.83. The van der Waals surface area contributed by atoms with Crippen molar-refractivity contribution in [3.8, 4) is 0 Å². The molecule has 0 radical (unpaired) electrons. The molecule has 0 aliphatic carbocycles. The van der Waals surface area contributed by atoms with Crippen LogP contribution in [-0.2, 0) is 14.3 Å². The van der Waals surface area contributed by atoms with Gasteiger partial charge < -0.3 is 9.64 Å². The highest BCUT2D eigenvalue weighted by Gasteiger charge is 2.41. The first-order valence-corrected chi connectivity index (χ1v) is 9.12. The summed E-state index contributed by atoms with van der Waals surface area (Å²) in [6, 6.07) is 9.52. The number of likely N-dealkylation sites (tertiary alicyclic amines) is 1. The Morgan fingerprint density at radius 3 is 2.32 bits per heavy atom. The van der Waals surface area contributed by atoms with Gasteiger partial charge in [0.2, 0.25) is 0 Å². The molecule has 1 fully saturated rings. The first-order valence-electron chi connectivity index (χ1n) is 9.12. The van der Waals surface area contributed by atoms with Crippen molar-refractivity contribution in [3.05, 3.63) is 41.6 Å². The van der Waals surface area contributed by atoms with Crippen molar-refractivity contribution in [2.45, 2.75) is 39.2 Å². The lowest BCUT2D eigenvalue weighted by Crippen LogP contribution is -2.39. The molecule has 1 aromatic rings. The molecule has 0 unspecified atom stereocenters. The third-order valence-electron chi connectivity index (χ3n) is 4.64. The average Bonchev–Trinajstić information content (AvgIpc) is 2.87. The Balaban J connectivity index is 1.90. The lowest BCUT2D eigenvalue weighted by atomic mass is 10.0. The van der Waals surface area contributed by atoms with Crippen molar-refractivity contribution in [2.24, 2.45) is 0 Å². The van der Waals surface area contributed by atoms with Crippen molar-refractivity contribution in [3.63, 3.8) is 0 Å². The smallest absolute Gasteiger partial charge is 0.277 e. The summed E-state index contributed by atoms with van der Waals surface area (Å²) in [5.74, 6) is -0.387. The summed E-state index contributed by atoms with van der Waals surface area (Å²) in [4.78, 5) is 29.5. The molecule has 2 aliphatic heterocycles. The van der Waals surface area contributed by atoms with E-state index in [1.807, 2.05) is 44.2 Å². The molecule has 0 N–H and O–H groups in total. The molecule has 2 heterocycles. The van der Waals surface area contributed by atoms with Crippen LogP contribution in [0.15, 0.2) is 36.0 Å². The molecule has 25 heavy (non-hydrogen) atoms. The first-order chi connectivity index (χ1) is 12.1. The number of carbonyl (C=O) groups excluding carboxylic acids is 2. The Kier molecular flexibility index (Phi) is 5.53. The largest absolute Gasteiger partial charge is 0.377 e. The monoisotopic (exact) mass is 342 g/mol. The van der Waals surface area contributed by atoms with E-state index in [1.165, 1.54) is 11.3 Å². The fourth-order valence-corrected chi connectivity index (χ4v) is 3.42. The van der Waals surface area contributed by atoms with Crippen LogP contribution in [0, 0.1) is 0 Å². The van der Waals surface area contributed by atoms with E-state index in [4.69, 9.17) is 4.74 Å². The molecular weight excluding hydrogens is 316 g/mol. The molecule has 0 spiro atoms. The van der Waals surface area contributed by atoms with E-state index < -0.39 is 0 Å². The lowest BCUT2D eigenvalue weighted by molar-refractivity contribution is -0.138. The number of ether oxygens (including phenoxy) is 1. The third kappa shape index (κ3) is 3.76. The van der Waals surface area contributed by atoms with Crippen LogP contribution in [0.4, 0.5) is 0 Å². The molecule has 0 saturated carbocycles. The van der Waals surface area contributed by atoms with E-state index in [0.29, 0.717) is 24.4 Å². The minimum atomic E-state index is -0.205. The molecule has 5 nitrogen and oxygen atoms in total. The molecule has 2 amide bonds. The molecule has 134 valence electrons. The minimum Gasteiger partial charge on any atom is -0.377 e. The molecule has 2 aliphatic rings. The Hall–Kier alpha value is -2.14. The van der Waals surface area contributed by atoms with Gasteiger partial charge in [0, 0.05) is 13.1 Å². The van der Waals surface area contributed by atoms with Gasteiger partial charge in [-0.3, -0.25) is 14.5 Å². The summed E-state index contributed by atoms with van der Waals surface area (Å²) in [6.45, 7) is 6.22. The number of hydrogen-bond donors (Lipinski definition) is 0. The Labute approximate surface area is 149 Å². The molecule has 0 bridgehead atoms. The number of rotatable bonds is 6. The maximum atomic E-state index is 13.0. The second-order valence-electron chi connectivity index (χ2n) is 6.82. The summed E-state index contributed by atoms with van der Waals surface area (Å²) in [6.07, 6.45) is 3.38. The third-order valence-corrected chi connectivity index (χ3v) is 4.64. The van der Waals surface area contributed by atoms with Gasteiger partial charge in [0.05, 0.1) is 24.8 Å². The molecular formula is C20H26N2O3. The van der Waals surface area contributed by atoms with Gasteiger partial charge in [-0.25, -0.2) is 0 Å². The molecule has 1 aromatic carbocycles. The molecule has 0 atom stereocenters. The Bertz CT molecular complexity index is 661. The van der Waals surface area contributed by atoms with Gasteiger partial charge in [-0.05, 0) is 38.7 Å². The van der Waals surface area contributed by atoms with Crippen LogP contribution in [0.5, 0.6) is 0 Å². The number of carbonyl (C=O) groups is 2. The number of piperidine rings is 1. The SMILES string of the molecule is CC(C)OCCN1C(=O)C(c2ccccc2)=C(N2CCCCC2)C1=O. The van der Waals surface area contributed by atoms with Crippen LogP contribution in [0.2, 0.25) is 0 Å². The topological polar surface area (TPSA) is 49.9 Å². The molecule has 3 rings (SSSR count). The van der Waals surface area contributed by atoms with Crippen molar-refractivity contribution in [2.75, 3.05) is 26.2 Å². The Morgan fingerprint density at radius 2 is 1.68 bits per heavy atom. The van der Waals surface area contributed by atoms with Crippen LogP contribution in [0.3, 0.4) is 0 Å². The minimum absolute atomic E-state index is 0.0796. The van der Waals surface area contributed by atoms with Crippen molar-refractivity contribution in [1.29, 1.82) is 0 Å². The quantitative estimate of drug-likeness (QED) is 0.746. The highest BCUT2D eigenvalue weighted by atomic mass is 16.5. The lowest BCUT2D eigenvalue weighted by Gasteiger charge is -2.29. The van der Waals surface area contributed by atoms with E-state index in [0.717, 1.165) is 31.5 Å². The van der Waals surface area contributed by atoms with Crippen molar-refractivity contribution >= 4 is 17.4 Å². The Morgan fingerprint density at radius 1 is 1.00 bits per heavy atom. The second-order valence-corrected chi connectivity index (χ2v) is 6.82. The fourth-order valence-electron chi connectivity index (χ4n) is 3.42. The van der Waals surface area contributed by atoms with Gasteiger partial charge in [0.15, 0.2) is 0 Å². The highest BCUT2D eigenvalue weighted by Crippen LogP contribution is 2.32. The zero-order chi connectivity index (χ0) is 17.8. The summed E-state index contributed by atoms with van der Waals surface area (Å²) in [5.41, 5.74) is 1.92. The van der Waals surface area contributed by atoms with Gasteiger partial charge in [-0.2, -0.15) is 0 Å².